The molecule has 1 saturated carbocycles. The molecule has 2 aliphatic heterocycles. The van der Waals surface area contributed by atoms with Gasteiger partial charge in [0, 0.05) is 31.1 Å². The number of carbonyl (C=O) groups excluding carboxylic acids is 1. The zero-order valence-corrected chi connectivity index (χ0v) is 22.5. The third-order valence-electron chi connectivity index (χ3n) is 7.83. The highest BCUT2D eigenvalue weighted by atomic mass is 16.8. The molecule has 2 aromatic carbocycles. The zero-order valence-electron chi connectivity index (χ0n) is 22.5. The van der Waals surface area contributed by atoms with Gasteiger partial charge >= 0.3 is 0 Å². The predicted octanol–water partition coefficient (Wildman–Crippen LogP) is -0.703. The second kappa shape index (κ2) is 12.2. The first-order chi connectivity index (χ1) is 20.0. The van der Waals surface area contributed by atoms with Crippen molar-refractivity contribution < 1.29 is 69.3 Å². The summed E-state index contributed by atoms with van der Waals surface area (Å²) in [7, 11) is 1.41. The highest BCUT2D eigenvalue weighted by molar-refractivity contribution is 6.01. The van der Waals surface area contributed by atoms with Gasteiger partial charge in [0.15, 0.2) is 29.9 Å². The number of phenols is 3. The first-order valence-electron chi connectivity index (χ1n) is 13.4. The average Bonchev–Trinajstić information content (AvgIpc) is 3.73. The van der Waals surface area contributed by atoms with E-state index in [0.717, 1.165) is 12.1 Å². The number of Topliss-reactive ketones (excluding diaryl/α,β-unsaturated/α-hetero) is 1. The summed E-state index contributed by atoms with van der Waals surface area (Å²) >= 11 is 0. The fourth-order valence-corrected chi connectivity index (χ4v) is 5.42. The van der Waals surface area contributed by atoms with Crippen molar-refractivity contribution in [1.82, 2.24) is 0 Å². The number of ether oxygens (including phenoxy) is 5. The Bertz CT molecular complexity index is 1260. The summed E-state index contributed by atoms with van der Waals surface area (Å²) in [5.74, 6) is -2.49. The Morgan fingerprint density at radius 2 is 1.64 bits per heavy atom. The number of aliphatic hydroxyl groups is 5. The Kier molecular flexibility index (Phi) is 8.78. The molecule has 0 aromatic heterocycles. The number of hydrogen-bond donors (Lipinski definition) is 8. The number of rotatable bonds is 10. The van der Waals surface area contributed by atoms with Crippen molar-refractivity contribution in [3.8, 4) is 28.7 Å². The van der Waals surface area contributed by atoms with Crippen molar-refractivity contribution >= 4 is 5.78 Å². The Balaban J connectivity index is 1.30. The lowest BCUT2D eigenvalue weighted by Crippen LogP contribution is -2.60. The third kappa shape index (κ3) is 5.98. The van der Waals surface area contributed by atoms with Crippen molar-refractivity contribution in [2.24, 2.45) is 5.92 Å². The van der Waals surface area contributed by atoms with E-state index in [1.807, 2.05) is 0 Å². The fourth-order valence-electron chi connectivity index (χ4n) is 5.42. The SMILES string of the molecule is COc1ccc(CCC(=O)c2c(O)cc(OC3CC(CO)C(O)C(O)C3OC3OC4OC4C(O)C3O)cc2O)cc1O. The van der Waals surface area contributed by atoms with Crippen molar-refractivity contribution in [2.75, 3.05) is 13.7 Å². The quantitative estimate of drug-likeness (QED) is 0.126. The first-order valence-corrected chi connectivity index (χ1v) is 13.4. The van der Waals surface area contributed by atoms with Crippen LogP contribution in [0.15, 0.2) is 30.3 Å². The number of carbonyl (C=O) groups is 1. The minimum absolute atomic E-state index is 0.0514. The van der Waals surface area contributed by atoms with E-state index in [2.05, 4.69) is 0 Å². The van der Waals surface area contributed by atoms with E-state index in [0.29, 0.717) is 5.56 Å². The number of aromatic hydroxyl groups is 3. The van der Waals surface area contributed by atoms with Crippen LogP contribution in [0.3, 0.4) is 0 Å². The van der Waals surface area contributed by atoms with Crippen molar-refractivity contribution in [1.29, 1.82) is 0 Å². The summed E-state index contributed by atoms with van der Waals surface area (Å²) in [5, 5.41) is 82.8. The molecule has 3 aliphatic rings. The Hall–Kier alpha value is -3.21. The van der Waals surface area contributed by atoms with Gasteiger partial charge in [0.1, 0.15) is 59.4 Å². The molecule has 2 aromatic rings. The topological polar surface area (TPSA) is 228 Å². The summed E-state index contributed by atoms with van der Waals surface area (Å²) in [4.78, 5) is 12.9. The van der Waals surface area contributed by atoms with Crippen LogP contribution in [-0.2, 0) is 20.6 Å². The monoisotopic (exact) mass is 594 g/mol. The summed E-state index contributed by atoms with van der Waals surface area (Å²) in [5.41, 5.74) is 0.290. The molecule has 0 bridgehead atoms. The molecule has 10 unspecified atom stereocenters. The molecule has 3 fully saturated rings. The van der Waals surface area contributed by atoms with Crippen molar-refractivity contribution in [3.63, 3.8) is 0 Å². The highest BCUT2D eigenvalue weighted by Gasteiger charge is 2.58. The van der Waals surface area contributed by atoms with Gasteiger partial charge in [0.25, 0.3) is 0 Å². The number of benzene rings is 2. The van der Waals surface area contributed by atoms with E-state index in [1.165, 1.54) is 13.2 Å². The number of epoxide rings is 1. The van der Waals surface area contributed by atoms with Gasteiger partial charge in [-0.2, -0.15) is 0 Å². The highest BCUT2D eigenvalue weighted by Crippen LogP contribution is 2.40. The van der Waals surface area contributed by atoms with Gasteiger partial charge in [-0.3, -0.25) is 4.79 Å². The number of phenolic OH excluding ortho intramolecular Hbond substituents is 3. The van der Waals surface area contributed by atoms with E-state index in [4.69, 9.17) is 23.7 Å². The zero-order chi connectivity index (χ0) is 30.3. The molecule has 8 N–H and O–H groups in total. The molecule has 2 saturated heterocycles. The molecule has 0 amide bonds. The number of hydrogen-bond acceptors (Lipinski definition) is 14. The Morgan fingerprint density at radius 3 is 2.29 bits per heavy atom. The van der Waals surface area contributed by atoms with Crippen LogP contribution in [0.2, 0.25) is 0 Å². The number of ketones is 1. The molecule has 14 heteroatoms. The Labute approximate surface area is 239 Å². The second-order valence-electron chi connectivity index (χ2n) is 10.6. The van der Waals surface area contributed by atoms with E-state index < -0.39 is 85.1 Å². The number of aryl methyl sites for hydroxylation is 1. The molecule has 2 heterocycles. The van der Waals surface area contributed by atoms with Crippen molar-refractivity contribution in [3.05, 3.63) is 41.5 Å². The lowest BCUT2D eigenvalue weighted by atomic mass is 9.81. The van der Waals surface area contributed by atoms with E-state index in [-0.39, 0.29) is 42.1 Å². The van der Waals surface area contributed by atoms with Crippen LogP contribution in [0.1, 0.15) is 28.8 Å². The summed E-state index contributed by atoms with van der Waals surface area (Å²) in [6.07, 6.45) is -11.2. The van der Waals surface area contributed by atoms with Crippen LogP contribution in [0.25, 0.3) is 0 Å². The molecule has 230 valence electrons. The van der Waals surface area contributed by atoms with Crippen LogP contribution in [0.4, 0.5) is 0 Å². The van der Waals surface area contributed by atoms with Gasteiger partial charge in [0.2, 0.25) is 0 Å². The maximum atomic E-state index is 12.9. The number of fused-ring (bicyclic) bond motifs is 1. The molecule has 0 radical (unpaired) electrons. The Morgan fingerprint density at radius 1 is 0.929 bits per heavy atom. The number of aliphatic hydroxyl groups excluding tert-OH is 5. The molecule has 14 nitrogen and oxygen atoms in total. The molecular formula is C28H34O14. The van der Waals surface area contributed by atoms with Gasteiger partial charge < -0.3 is 64.5 Å². The minimum atomic E-state index is -1.62. The molecule has 42 heavy (non-hydrogen) atoms. The first kappa shape index (κ1) is 30.3. The third-order valence-corrected chi connectivity index (χ3v) is 7.83. The maximum absolute atomic E-state index is 12.9. The molecule has 10 atom stereocenters. The molecule has 0 spiro atoms. The van der Waals surface area contributed by atoms with Crippen LogP contribution < -0.4 is 9.47 Å². The van der Waals surface area contributed by atoms with Crippen LogP contribution in [-0.4, -0.2) is 116 Å². The smallest absolute Gasteiger partial charge is 0.190 e. The van der Waals surface area contributed by atoms with Crippen LogP contribution in [0.5, 0.6) is 28.7 Å². The number of methoxy groups -OCH3 is 1. The largest absolute Gasteiger partial charge is 0.507 e. The van der Waals surface area contributed by atoms with E-state index >= 15 is 0 Å². The van der Waals surface area contributed by atoms with E-state index in [9.17, 15) is 45.6 Å². The van der Waals surface area contributed by atoms with Gasteiger partial charge in [-0.25, -0.2) is 0 Å². The van der Waals surface area contributed by atoms with Crippen molar-refractivity contribution in [2.45, 2.75) is 74.6 Å². The molecule has 1 aliphatic carbocycles. The molecule has 5 rings (SSSR count). The molecular weight excluding hydrogens is 560 g/mol. The van der Waals surface area contributed by atoms with Gasteiger partial charge in [-0.1, -0.05) is 6.07 Å². The second-order valence-corrected chi connectivity index (χ2v) is 10.6. The van der Waals surface area contributed by atoms with Crippen LogP contribution in [0, 0.1) is 5.92 Å². The lowest BCUT2D eigenvalue weighted by molar-refractivity contribution is -0.293. The maximum Gasteiger partial charge on any atom is 0.190 e. The van der Waals surface area contributed by atoms with Gasteiger partial charge in [0.05, 0.1) is 13.2 Å². The standard InChI is InChI=1S/C28H34O14/c1-38-18-5-3-11(6-15(18)31)2-4-14(30)20-16(32)8-13(9-17(20)33)39-19-7-12(10-29)21(34)22(35)25(19)40-27-24(37)23(36)26-28(41-26)42-27/h3,5-6,8-9,12,19,21-29,31-37H,2,4,7,10H2,1H3. The summed E-state index contributed by atoms with van der Waals surface area (Å²) in [6, 6.07) is 6.85. The van der Waals surface area contributed by atoms with Gasteiger partial charge in [-0.05, 0) is 30.5 Å². The lowest BCUT2D eigenvalue weighted by Gasteiger charge is -2.44. The van der Waals surface area contributed by atoms with E-state index in [1.54, 1.807) is 12.1 Å². The normalized spacial score (nSPS) is 34.0. The van der Waals surface area contributed by atoms with Gasteiger partial charge in [-0.15, -0.1) is 0 Å². The minimum Gasteiger partial charge on any atom is -0.507 e. The summed E-state index contributed by atoms with van der Waals surface area (Å²) < 4.78 is 27.2. The average molecular weight is 595 g/mol. The predicted molar refractivity (Wildman–Crippen MR) is 139 cm³/mol. The summed E-state index contributed by atoms with van der Waals surface area (Å²) in [6.45, 7) is -0.500. The van der Waals surface area contributed by atoms with Crippen LogP contribution >= 0.6 is 0 Å². The fraction of sp³-hybridized carbons (Fsp3) is 0.536.